The van der Waals surface area contributed by atoms with E-state index in [2.05, 4.69) is 19.4 Å². The van der Waals surface area contributed by atoms with Crippen LogP contribution in [0.2, 0.25) is 0 Å². The second-order valence-electron chi connectivity index (χ2n) is 9.78. The van der Waals surface area contributed by atoms with E-state index in [1.54, 1.807) is 27.7 Å². The normalized spacial score (nSPS) is 24.3. The van der Waals surface area contributed by atoms with Crippen molar-refractivity contribution in [3.63, 3.8) is 0 Å². The van der Waals surface area contributed by atoms with Crippen LogP contribution in [0.1, 0.15) is 40.8 Å². The maximum atomic E-state index is 16.0. The van der Waals surface area contributed by atoms with Crippen LogP contribution >= 0.6 is 7.82 Å². The van der Waals surface area contributed by atoms with Gasteiger partial charge in [0.25, 0.3) is 0 Å². The van der Waals surface area contributed by atoms with Gasteiger partial charge in [-0.25, -0.2) is 42.0 Å². The molecule has 0 saturated carbocycles. The summed E-state index contributed by atoms with van der Waals surface area (Å²) in [5.74, 6) is 0. The van der Waals surface area contributed by atoms with Gasteiger partial charge in [0.1, 0.15) is 18.3 Å². The summed E-state index contributed by atoms with van der Waals surface area (Å²) in [6.45, 7) is 2.35. The van der Waals surface area contributed by atoms with E-state index in [0.29, 0.717) is 0 Å². The number of hydrogen-bond acceptors (Lipinski definition) is 15. The third-order valence-electron chi connectivity index (χ3n) is 5.74. The number of nitrogen functional groups attached to an aromatic ring is 1. The van der Waals surface area contributed by atoms with Gasteiger partial charge in [-0.1, -0.05) is 0 Å². The van der Waals surface area contributed by atoms with E-state index in [-0.39, 0.29) is 16.9 Å². The van der Waals surface area contributed by atoms with Gasteiger partial charge in [0.2, 0.25) is 13.6 Å². The zero-order valence-electron chi connectivity index (χ0n) is 23.4. The zero-order valence-corrected chi connectivity index (χ0v) is 24.3. The lowest BCUT2D eigenvalue weighted by molar-refractivity contribution is -0.139. The first kappa shape index (κ1) is 33.4. The minimum Gasteiger partial charge on any atom is -0.432 e. The summed E-state index contributed by atoms with van der Waals surface area (Å²) in [7, 11) is -4.90. The number of phosphoric ester groups is 1. The number of aromatic nitrogens is 3. The second kappa shape index (κ2) is 13.4. The van der Waals surface area contributed by atoms with Crippen molar-refractivity contribution in [3.8, 4) is 0 Å². The summed E-state index contributed by atoms with van der Waals surface area (Å²) in [6.07, 6.45) is -4.91. The third-order valence-corrected chi connectivity index (χ3v) is 7.03. The SMILES string of the molecule is CC(C)OC(=O)OCOP(=O)(OCOC(=O)OC(C)C)OC[C@@]1(CF)O[C@@H](n2cnc3c(N)ccnc32)[C@](C)(F)[C@@H]1O. The zero-order chi connectivity index (χ0) is 31.3. The Kier molecular flexibility index (Phi) is 10.7. The number of anilines is 1. The first-order valence-corrected chi connectivity index (χ1v) is 14.0. The van der Waals surface area contributed by atoms with Gasteiger partial charge in [0.05, 0.1) is 30.8 Å². The average Bonchev–Trinajstić information content (AvgIpc) is 3.40. The highest BCUT2D eigenvalue weighted by Crippen LogP contribution is 2.53. The number of fused-ring (bicyclic) bond motifs is 1. The van der Waals surface area contributed by atoms with E-state index in [9.17, 15) is 23.7 Å². The van der Waals surface area contributed by atoms with Crippen LogP contribution in [0.3, 0.4) is 0 Å². The maximum Gasteiger partial charge on any atom is 0.510 e. The van der Waals surface area contributed by atoms with Crippen LogP contribution in [0.15, 0.2) is 18.6 Å². The van der Waals surface area contributed by atoms with E-state index < -0.39 is 82.8 Å². The van der Waals surface area contributed by atoms with Crippen LogP contribution in [0, 0.1) is 0 Å². The number of pyridine rings is 1. The maximum absolute atomic E-state index is 16.0. The van der Waals surface area contributed by atoms with Crippen molar-refractivity contribution < 1.29 is 65.3 Å². The van der Waals surface area contributed by atoms with Crippen LogP contribution < -0.4 is 5.73 Å². The standard InChI is InChI=1S/C23H33F2N4O12P/c1-13(2)39-20(31)34-11-37-42(33,38-12-35-21(32)40-14(3)4)36-9-23(8-24)18(30)22(5,25)19(41-23)29-10-28-16-15(26)6-7-27-17(16)29/h6-7,10,13-14,18-19,30H,8-9,11-12H2,1-5H3,(H2,26,27)/t18-,19+,22+,23+/m0/s1. The van der Waals surface area contributed by atoms with Crippen LogP contribution in [0.5, 0.6) is 0 Å². The Balaban J connectivity index is 1.79. The molecule has 0 radical (unpaired) electrons. The minimum absolute atomic E-state index is 0.0832. The van der Waals surface area contributed by atoms with Crippen molar-refractivity contribution in [2.75, 3.05) is 32.6 Å². The van der Waals surface area contributed by atoms with E-state index >= 15 is 4.39 Å². The summed E-state index contributed by atoms with van der Waals surface area (Å²) in [5.41, 5.74) is 1.26. The van der Waals surface area contributed by atoms with Crippen molar-refractivity contribution in [2.45, 2.75) is 70.4 Å². The number of alkyl halides is 2. The number of halogens is 2. The fraction of sp³-hybridized carbons (Fsp3) is 0.652. The molecule has 0 spiro atoms. The Morgan fingerprint density at radius 2 is 1.69 bits per heavy atom. The first-order chi connectivity index (χ1) is 19.6. The van der Waals surface area contributed by atoms with Gasteiger partial charge in [0, 0.05) is 6.20 Å². The highest BCUT2D eigenvalue weighted by Gasteiger charge is 2.64. The van der Waals surface area contributed by atoms with E-state index in [1.807, 2.05) is 0 Å². The number of carbonyl (C=O) groups excluding carboxylic acids is 2. The average molecular weight is 627 g/mol. The van der Waals surface area contributed by atoms with Gasteiger partial charge < -0.3 is 34.5 Å². The van der Waals surface area contributed by atoms with Gasteiger partial charge in [-0.05, 0) is 40.7 Å². The predicted molar refractivity (Wildman–Crippen MR) is 137 cm³/mol. The predicted octanol–water partition coefficient (Wildman–Crippen LogP) is 3.54. The van der Waals surface area contributed by atoms with Crippen LogP contribution in [-0.2, 0) is 41.8 Å². The van der Waals surface area contributed by atoms with Crippen LogP contribution in [-0.4, -0.2) is 88.4 Å². The molecule has 42 heavy (non-hydrogen) atoms. The topological polar surface area (TPSA) is 202 Å². The van der Waals surface area contributed by atoms with E-state index in [1.165, 1.54) is 12.3 Å². The third kappa shape index (κ3) is 7.62. The molecule has 1 saturated heterocycles. The number of nitrogens with zero attached hydrogens (tertiary/aromatic N) is 3. The number of imidazole rings is 1. The highest BCUT2D eigenvalue weighted by atomic mass is 31.2. The van der Waals surface area contributed by atoms with E-state index in [4.69, 9.17) is 33.5 Å². The number of phosphoric acid groups is 1. The lowest BCUT2D eigenvalue weighted by atomic mass is 9.90. The molecule has 4 atom stereocenters. The fourth-order valence-electron chi connectivity index (χ4n) is 3.79. The fourth-order valence-corrected chi connectivity index (χ4v) is 4.76. The molecule has 236 valence electrons. The second-order valence-corrected chi connectivity index (χ2v) is 11.5. The Morgan fingerprint density at radius 3 is 2.21 bits per heavy atom. The Bertz CT molecular complexity index is 1260. The highest BCUT2D eigenvalue weighted by molar-refractivity contribution is 7.48. The molecule has 3 heterocycles. The number of ether oxygens (including phenoxy) is 5. The van der Waals surface area contributed by atoms with Gasteiger partial charge in [0.15, 0.2) is 23.1 Å². The Labute approximate surface area is 238 Å². The van der Waals surface area contributed by atoms with Crippen molar-refractivity contribution in [3.05, 3.63) is 18.6 Å². The summed E-state index contributed by atoms with van der Waals surface area (Å²) in [6, 6.07) is 1.47. The van der Waals surface area contributed by atoms with Gasteiger partial charge in [-0.3, -0.25) is 9.09 Å². The Hall–Kier alpha value is -3.15. The molecule has 3 N–H and O–H groups in total. The summed E-state index contributed by atoms with van der Waals surface area (Å²) in [4.78, 5) is 31.5. The molecule has 0 unspecified atom stereocenters. The first-order valence-electron chi connectivity index (χ1n) is 12.5. The molecule has 1 aliphatic rings. The molecule has 3 rings (SSSR count). The number of hydrogen-bond donors (Lipinski definition) is 2. The summed E-state index contributed by atoms with van der Waals surface area (Å²) < 4.78 is 84.3. The largest absolute Gasteiger partial charge is 0.510 e. The number of rotatable bonds is 13. The van der Waals surface area contributed by atoms with Gasteiger partial charge >= 0.3 is 20.1 Å². The molecule has 0 bridgehead atoms. The molecule has 1 fully saturated rings. The molecule has 19 heteroatoms. The lowest BCUT2D eigenvalue weighted by Gasteiger charge is -2.30. The Morgan fingerprint density at radius 1 is 1.12 bits per heavy atom. The van der Waals surface area contributed by atoms with Gasteiger partial charge in [-0.2, -0.15) is 0 Å². The van der Waals surface area contributed by atoms with Crippen molar-refractivity contribution in [1.29, 1.82) is 0 Å². The van der Waals surface area contributed by atoms with Crippen molar-refractivity contribution in [1.82, 2.24) is 14.5 Å². The number of aliphatic hydroxyl groups is 1. The van der Waals surface area contributed by atoms with Crippen molar-refractivity contribution in [2.24, 2.45) is 0 Å². The quantitative estimate of drug-likeness (QED) is 0.185. The van der Waals surface area contributed by atoms with E-state index in [0.717, 1.165) is 17.8 Å². The number of nitrogens with two attached hydrogens (primary N) is 1. The summed E-state index contributed by atoms with van der Waals surface area (Å²) in [5, 5.41) is 10.9. The molecule has 0 amide bonds. The lowest BCUT2D eigenvalue weighted by Crippen LogP contribution is -2.51. The molecular weight excluding hydrogens is 593 g/mol. The smallest absolute Gasteiger partial charge is 0.432 e. The molecule has 16 nitrogen and oxygen atoms in total. The summed E-state index contributed by atoms with van der Waals surface area (Å²) >= 11 is 0. The van der Waals surface area contributed by atoms with Gasteiger partial charge in [-0.15, -0.1) is 0 Å². The molecular formula is C23H33F2N4O12P. The van der Waals surface area contributed by atoms with Crippen LogP contribution in [0.4, 0.5) is 24.1 Å². The molecule has 1 aliphatic heterocycles. The molecule has 2 aromatic rings. The minimum atomic E-state index is -4.90. The molecule has 2 aromatic heterocycles. The van der Waals surface area contributed by atoms with Crippen molar-refractivity contribution >= 4 is 37.0 Å². The monoisotopic (exact) mass is 626 g/mol. The number of aliphatic hydroxyl groups excluding tert-OH is 1. The molecule has 0 aliphatic carbocycles. The van der Waals surface area contributed by atoms with Crippen LogP contribution in [0.25, 0.3) is 11.2 Å². The number of carbonyl (C=O) groups is 2. The molecule has 0 aromatic carbocycles.